The molecule has 0 aliphatic carbocycles. The number of fused-ring (bicyclic) bond motifs is 2. The van der Waals surface area contributed by atoms with Crippen molar-refractivity contribution in [2.24, 2.45) is 0 Å². The van der Waals surface area contributed by atoms with E-state index in [4.69, 9.17) is 9.47 Å². The molecule has 3 heterocycles. The van der Waals surface area contributed by atoms with Gasteiger partial charge in [0.25, 0.3) is 0 Å². The number of carbonyl (C=O) groups excluding carboxylic acids is 1. The third kappa shape index (κ3) is 4.56. The molecule has 2 atom stereocenters. The van der Waals surface area contributed by atoms with Gasteiger partial charge in [-0.15, -0.1) is 0 Å². The van der Waals surface area contributed by atoms with E-state index >= 15 is 0 Å². The summed E-state index contributed by atoms with van der Waals surface area (Å²) in [7, 11) is 0. The molecule has 3 aromatic rings. The molecule has 0 spiro atoms. The van der Waals surface area contributed by atoms with Crippen molar-refractivity contribution in [1.29, 1.82) is 0 Å². The summed E-state index contributed by atoms with van der Waals surface area (Å²) < 4.78 is 53.9. The van der Waals surface area contributed by atoms with Crippen molar-refractivity contribution < 1.29 is 27.4 Å². The van der Waals surface area contributed by atoms with E-state index in [-0.39, 0.29) is 37.9 Å². The van der Waals surface area contributed by atoms with Gasteiger partial charge >= 0.3 is 6.18 Å². The third-order valence-corrected chi connectivity index (χ3v) is 6.39. The average Bonchev–Trinajstić information content (AvgIpc) is 3.43. The van der Waals surface area contributed by atoms with Gasteiger partial charge in [-0.1, -0.05) is 34.1 Å². The number of aromatic nitrogens is 2. The lowest BCUT2D eigenvalue weighted by atomic mass is 9.96. The Bertz CT molecular complexity index is 1210. The number of anilines is 1. The molecule has 5 rings (SSSR count). The number of alkyl halides is 3. The van der Waals surface area contributed by atoms with E-state index in [2.05, 4.69) is 31.7 Å². The van der Waals surface area contributed by atoms with Crippen LogP contribution in [0.3, 0.4) is 0 Å². The minimum atomic E-state index is -4.48. The predicted octanol–water partition coefficient (Wildman–Crippen LogP) is 4.89. The van der Waals surface area contributed by atoms with Gasteiger partial charge in [0.15, 0.2) is 17.5 Å². The summed E-state index contributed by atoms with van der Waals surface area (Å²) in [6, 6.07) is 10.1. The van der Waals surface area contributed by atoms with Gasteiger partial charge in [0.2, 0.25) is 12.7 Å². The van der Waals surface area contributed by atoms with Gasteiger partial charge in [0.1, 0.15) is 5.82 Å². The van der Waals surface area contributed by atoms with Crippen LogP contribution >= 0.6 is 15.9 Å². The Morgan fingerprint density at radius 1 is 1.18 bits per heavy atom. The van der Waals surface area contributed by atoms with Crippen LogP contribution in [0.25, 0.3) is 0 Å². The summed E-state index contributed by atoms with van der Waals surface area (Å²) in [5.41, 5.74) is 1.95. The fourth-order valence-electron chi connectivity index (χ4n) is 4.14. The molecule has 7 nitrogen and oxygen atoms in total. The molecule has 0 saturated carbocycles. The average molecular weight is 537 g/mol. The lowest BCUT2D eigenvalue weighted by Gasteiger charge is -2.34. The first-order valence-electron chi connectivity index (χ1n) is 10.6. The quantitative estimate of drug-likeness (QED) is 0.485. The molecule has 0 saturated heterocycles. The van der Waals surface area contributed by atoms with Gasteiger partial charge < -0.3 is 20.1 Å². The molecule has 2 N–H and O–H groups in total. The summed E-state index contributed by atoms with van der Waals surface area (Å²) in [5, 5.41) is 9.94. The smallest absolute Gasteiger partial charge is 0.410 e. The number of carbonyl (C=O) groups is 1. The highest BCUT2D eigenvalue weighted by Crippen LogP contribution is 2.44. The molecule has 2 aromatic carbocycles. The first-order valence-corrected chi connectivity index (χ1v) is 11.4. The van der Waals surface area contributed by atoms with Crippen molar-refractivity contribution in [2.45, 2.75) is 37.6 Å². The van der Waals surface area contributed by atoms with Crippen LogP contribution in [0, 0.1) is 0 Å². The van der Waals surface area contributed by atoms with E-state index < -0.39 is 18.3 Å². The first kappa shape index (κ1) is 22.6. The number of halogens is 4. The molecule has 0 radical (unpaired) electrons. The normalized spacial score (nSPS) is 18.8. The fraction of sp³-hybridized carbons (Fsp3) is 0.304. The summed E-state index contributed by atoms with van der Waals surface area (Å²) in [5.74, 6) is 1.13. The van der Waals surface area contributed by atoms with Crippen LogP contribution in [0.5, 0.6) is 11.5 Å². The summed E-state index contributed by atoms with van der Waals surface area (Å²) >= 11 is 3.35. The summed E-state index contributed by atoms with van der Waals surface area (Å²) in [6.45, 7) is 0.407. The summed E-state index contributed by atoms with van der Waals surface area (Å²) in [4.78, 5) is 12.6. The zero-order valence-corrected chi connectivity index (χ0v) is 19.3. The Hall–Kier alpha value is -3.21. The lowest BCUT2D eigenvalue weighted by Crippen LogP contribution is -2.36. The molecule has 0 bridgehead atoms. The Kier molecular flexibility index (Phi) is 5.88. The van der Waals surface area contributed by atoms with E-state index in [0.717, 1.165) is 20.3 Å². The van der Waals surface area contributed by atoms with Crippen molar-refractivity contribution in [2.75, 3.05) is 12.1 Å². The minimum absolute atomic E-state index is 0.107. The summed E-state index contributed by atoms with van der Waals surface area (Å²) in [6.07, 6.45) is -3.46. The fourth-order valence-corrected chi connectivity index (χ4v) is 4.41. The molecule has 1 aromatic heterocycles. The lowest BCUT2D eigenvalue weighted by molar-refractivity contribution is -0.173. The van der Waals surface area contributed by atoms with Crippen molar-refractivity contribution in [3.8, 4) is 11.5 Å². The molecule has 0 fully saturated rings. The second kappa shape index (κ2) is 8.86. The largest absolute Gasteiger partial charge is 0.454 e. The van der Waals surface area contributed by atoms with Crippen molar-refractivity contribution in [3.63, 3.8) is 0 Å². The van der Waals surface area contributed by atoms with Crippen LogP contribution in [0.4, 0.5) is 19.0 Å². The molecule has 1 amide bonds. The SMILES string of the molecule is O=C(Cc1cnn2c1NC(c1ccc(Br)cc1)CC2C(F)(F)F)NCc1ccc2c(c1)OCO2. The van der Waals surface area contributed by atoms with Crippen molar-refractivity contribution in [1.82, 2.24) is 15.1 Å². The molecule has 2 aliphatic heterocycles. The van der Waals surface area contributed by atoms with Crippen LogP contribution in [0.1, 0.15) is 35.2 Å². The molecular formula is C23H20BrF3N4O3. The van der Waals surface area contributed by atoms with E-state index in [9.17, 15) is 18.0 Å². The monoisotopic (exact) mass is 536 g/mol. The number of amides is 1. The maximum Gasteiger partial charge on any atom is 0.410 e. The van der Waals surface area contributed by atoms with Gasteiger partial charge in [-0.3, -0.25) is 4.79 Å². The second-order valence-corrected chi connectivity index (χ2v) is 9.06. The van der Waals surface area contributed by atoms with Crippen molar-refractivity contribution in [3.05, 3.63) is 69.8 Å². The number of rotatable bonds is 5. The molecule has 2 unspecified atom stereocenters. The topological polar surface area (TPSA) is 77.4 Å². The zero-order chi connectivity index (χ0) is 23.9. The Morgan fingerprint density at radius 3 is 2.71 bits per heavy atom. The molecule has 11 heteroatoms. The van der Waals surface area contributed by atoms with Crippen LogP contribution in [-0.2, 0) is 17.8 Å². The van der Waals surface area contributed by atoms with Gasteiger partial charge in [0, 0.05) is 23.0 Å². The van der Waals surface area contributed by atoms with E-state index in [0.29, 0.717) is 17.1 Å². The van der Waals surface area contributed by atoms with Crippen LogP contribution in [-0.4, -0.2) is 28.7 Å². The van der Waals surface area contributed by atoms with Crippen LogP contribution in [0.15, 0.2) is 53.1 Å². The van der Waals surface area contributed by atoms with Gasteiger partial charge in [-0.25, -0.2) is 4.68 Å². The highest BCUT2D eigenvalue weighted by atomic mass is 79.9. The molecule has 34 heavy (non-hydrogen) atoms. The highest BCUT2D eigenvalue weighted by Gasteiger charge is 2.47. The number of ether oxygens (including phenoxy) is 2. The second-order valence-electron chi connectivity index (χ2n) is 8.15. The molecule has 178 valence electrons. The van der Waals surface area contributed by atoms with Gasteiger partial charge in [-0.2, -0.15) is 18.3 Å². The maximum atomic E-state index is 13.9. The Morgan fingerprint density at radius 2 is 1.94 bits per heavy atom. The Labute approximate surface area is 201 Å². The van der Waals surface area contributed by atoms with Crippen LogP contribution in [0.2, 0.25) is 0 Å². The minimum Gasteiger partial charge on any atom is -0.454 e. The zero-order valence-electron chi connectivity index (χ0n) is 17.7. The van der Waals surface area contributed by atoms with E-state index in [1.54, 1.807) is 36.4 Å². The van der Waals surface area contributed by atoms with Crippen molar-refractivity contribution >= 4 is 27.7 Å². The van der Waals surface area contributed by atoms with Crippen LogP contribution < -0.4 is 20.1 Å². The molecular weight excluding hydrogens is 517 g/mol. The predicted molar refractivity (Wildman–Crippen MR) is 121 cm³/mol. The highest BCUT2D eigenvalue weighted by molar-refractivity contribution is 9.10. The maximum absolute atomic E-state index is 13.9. The number of hydrogen-bond donors (Lipinski definition) is 2. The molecule has 2 aliphatic rings. The number of benzene rings is 2. The number of nitrogens with zero attached hydrogens (tertiary/aromatic N) is 2. The van der Waals surface area contributed by atoms with E-state index in [1.165, 1.54) is 6.20 Å². The third-order valence-electron chi connectivity index (χ3n) is 5.86. The number of hydrogen-bond acceptors (Lipinski definition) is 5. The Balaban J connectivity index is 1.32. The van der Waals surface area contributed by atoms with E-state index in [1.807, 2.05) is 6.07 Å². The first-order chi connectivity index (χ1) is 16.3. The number of nitrogens with one attached hydrogen (secondary N) is 2. The van der Waals surface area contributed by atoms with Gasteiger partial charge in [0.05, 0.1) is 18.7 Å². The van der Waals surface area contributed by atoms with Gasteiger partial charge in [-0.05, 0) is 35.4 Å². The standard InChI is InChI=1S/C23H20BrF3N4O3/c24-16-4-2-14(3-5-16)17-9-20(23(25,26)27)31-22(30-17)15(11-29-31)8-21(32)28-10-13-1-6-18-19(7-13)34-12-33-18/h1-7,11,17,20,30H,8-10,12H2,(H,28,32).